The van der Waals surface area contributed by atoms with Gasteiger partial charge in [0.25, 0.3) is 0 Å². The van der Waals surface area contributed by atoms with Crippen LogP contribution in [0.5, 0.6) is 0 Å². The first-order valence-corrected chi connectivity index (χ1v) is 6.53. The summed E-state index contributed by atoms with van der Waals surface area (Å²) in [5.74, 6) is 0.621. The molecule has 104 valence electrons. The standard InChI is InChI=1S/C13H29NO3/c1-6-10(2)12(4)14-7-13(15)9-17-11(3)8-16-5/h10-15H,6-9H2,1-5H3. The number of ether oxygens (including phenoxy) is 2. The van der Waals surface area contributed by atoms with Gasteiger partial charge in [-0.05, 0) is 19.8 Å². The van der Waals surface area contributed by atoms with Gasteiger partial charge >= 0.3 is 0 Å². The molecule has 2 N–H and O–H groups in total. The Kier molecular flexibility index (Phi) is 9.74. The maximum atomic E-state index is 9.74. The maximum absolute atomic E-state index is 9.74. The van der Waals surface area contributed by atoms with Gasteiger partial charge in [-0.15, -0.1) is 0 Å². The molecular formula is C13H29NO3. The summed E-state index contributed by atoms with van der Waals surface area (Å²) >= 11 is 0. The van der Waals surface area contributed by atoms with Crippen molar-refractivity contribution in [2.75, 3.05) is 26.9 Å². The Labute approximate surface area is 106 Å². The summed E-state index contributed by atoms with van der Waals surface area (Å²) < 4.78 is 10.4. The quantitative estimate of drug-likeness (QED) is 0.613. The van der Waals surface area contributed by atoms with Gasteiger partial charge in [0.2, 0.25) is 0 Å². The second-order valence-electron chi connectivity index (χ2n) is 4.84. The molecule has 4 nitrogen and oxygen atoms in total. The summed E-state index contributed by atoms with van der Waals surface area (Å²) in [6, 6.07) is 0.422. The van der Waals surface area contributed by atoms with Crippen molar-refractivity contribution < 1.29 is 14.6 Å². The Balaban J connectivity index is 3.61. The molecule has 0 amide bonds. The minimum absolute atomic E-state index is 0.0293. The Morgan fingerprint density at radius 2 is 1.82 bits per heavy atom. The van der Waals surface area contributed by atoms with Crippen molar-refractivity contribution in [3.63, 3.8) is 0 Å². The van der Waals surface area contributed by atoms with E-state index in [9.17, 15) is 5.11 Å². The zero-order chi connectivity index (χ0) is 13.3. The molecular weight excluding hydrogens is 218 g/mol. The van der Waals surface area contributed by atoms with Crippen LogP contribution in [0.1, 0.15) is 34.1 Å². The summed E-state index contributed by atoms with van der Waals surface area (Å²) in [7, 11) is 1.64. The molecule has 4 atom stereocenters. The second-order valence-corrected chi connectivity index (χ2v) is 4.84. The van der Waals surface area contributed by atoms with Crippen LogP contribution in [0, 0.1) is 5.92 Å². The van der Waals surface area contributed by atoms with E-state index in [0.717, 1.165) is 6.42 Å². The third kappa shape index (κ3) is 8.55. The average molecular weight is 247 g/mol. The van der Waals surface area contributed by atoms with Gasteiger partial charge in [-0.2, -0.15) is 0 Å². The number of aliphatic hydroxyl groups excluding tert-OH is 1. The number of hydrogen-bond acceptors (Lipinski definition) is 4. The molecule has 0 aliphatic carbocycles. The predicted octanol–water partition coefficient (Wildman–Crippen LogP) is 1.42. The Bertz CT molecular complexity index is 178. The predicted molar refractivity (Wildman–Crippen MR) is 70.2 cm³/mol. The molecule has 0 radical (unpaired) electrons. The fraction of sp³-hybridized carbons (Fsp3) is 1.00. The fourth-order valence-electron chi connectivity index (χ4n) is 1.49. The summed E-state index contributed by atoms with van der Waals surface area (Å²) in [4.78, 5) is 0. The lowest BCUT2D eigenvalue weighted by atomic mass is 10.0. The number of methoxy groups -OCH3 is 1. The van der Waals surface area contributed by atoms with Crippen molar-refractivity contribution in [2.24, 2.45) is 5.92 Å². The van der Waals surface area contributed by atoms with E-state index < -0.39 is 6.10 Å². The van der Waals surface area contributed by atoms with Crippen LogP contribution >= 0.6 is 0 Å². The van der Waals surface area contributed by atoms with E-state index in [-0.39, 0.29) is 6.10 Å². The van der Waals surface area contributed by atoms with Gasteiger partial charge in [0.1, 0.15) is 0 Å². The minimum atomic E-state index is -0.458. The molecule has 0 rings (SSSR count). The first-order chi connectivity index (χ1) is 8.01. The molecule has 0 fully saturated rings. The van der Waals surface area contributed by atoms with Gasteiger partial charge < -0.3 is 19.9 Å². The lowest BCUT2D eigenvalue weighted by Gasteiger charge is -2.22. The highest BCUT2D eigenvalue weighted by Gasteiger charge is 2.12. The highest BCUT2D eigenvalue weighted by molar-refractivity contribution is 4.69. The van der Waals surface area contributed by atoms with Crippen LogP contribution in [0.4, 0.5) is 0 Å². The van der Waals surface area contributed by atoms with Crippen LogP contribution in [0.2, 0.25) is 0 Å². The monoisotopic (exact) mass is 247 g/mol. The van der Waals surface area contributed by atoms with Gasteiger partial charge in [-0.25, -0.2) is 0 Å². The Morgan fingerprint density at radius 3 is 2.35 bits per heavy atom. The number of nitrogens with one attached hydrogen (secondary N) is 1. The average Bonchev–Trinajstić information content (AvgIpc) is 2.32. The van der Waals surface area contributed by atoms with Crippen LogP contribution in [0.15, 0.2) is 0 Å². The topological polar surface area (TPSA) is 50.7 Å². The van der Waals surface area contributed by atoms with Crippen LogP contribution in [0.3, 0.4) is 0 Å². The fourth-order valence-corrected chi connectivity index (χ4v) is 1.49. The normalized spacial score (nSPS) is 18.7. The van der Waals surface area contributed by atoms with E-state index in [0.29, 0.717) is 31.7 Å². The van der Waals surface area contributed by atoms with E-state index >= 15 is 0 Å². The number of hydrogen-bond donors (Lipinski definition) is 2. The van der Waals surface area contributed by atoms with E-state index in [1.807, 2.05) is 6.92 Å². The molecule has 0 saturated heterocycles. The van der Waals surface area contributed by atoms with Crippen molar-refractivity contribution in [3.8, 4) is 0 Å². The number of aliphatic hydroxyl groups is 1. The first-order valence-electron chi connectivity index (χ1n) is 6.53. The van der Waals surface area contributed by atoms with Gasteiger partial charge in [-0.3, -0.25) is 0 Å². The smallest absolute Gasteiger partial charge is 0.0897 e. The zero-order valence-electron chi connectivity index (χ0n) is 11.9. The molecule has 4 unspecified atom stereocenters. The Morgan fingerprint density at radius 1 is 1.18 bits per heavy atom. The highest BCUT2D eigenvalue weighted by atomic mass is 16.5. The molecule has 0 spiro atoms. The molecule has 0 aliphatic rings. The van der Waals surface area contributed by atoms with Gasteiger partial charge in [-0.1, -0.05) is 20.3 Å². The maximum Gasteiger partial charge on any atom is 0.0897 e. The van der Waals surface area contributed by atoms with E-state index in [1.54, 1.807) is 7.11 Å². The molecule has 0 aromatic carbocycles. The third-order valence-corrected chi connectivity index (χ3v) is 3.15. The van der Waals surface area contributed by atoms with Crippen molar-refractivity contribution in [1.29, 1.82) is 0 Å². The molecule has 0 saturated carbocycles. The van der Waals surface area contributed by atoms with E-state index in [2.05, 4.69) is 26.1 Å². The second kappa shape index (κ2) is 9.83. The van der Waals surface area contributed by atoms with Crippen LogP contribution in [-0.4, -0.2) is 50.2 Å². The minimum Gasteiger partial charge on any atom is -0.389 e. The van der Waals surface area contributed by atoms with Gasteiger partial charge in [0.15, 0.2) is 0 Å². The lowest BCUT2D eigenvalue weighted by Crippen LogP contribution is -2.39. The summed E-state index contributed by atoms with van der Waals surface area (Å²) in [6.07, 6.45) is 0.716. The molecule has 0 aromatic rings. The van der Waals surface area contributed by atoms with E-state index in [4.69, 9.17) is 9.47 Å². The summed E-state index contributed by atoms with van der Waals surface area (Å²) in [5.41, 5.74) is 0. The van der Waals surface area contributed by atoms with Crippen LogP contribution in [-0.2, 0) is 9.47 Å². The molecule has 4 heteroatoms. The lowest BCUT2D eigenvalue weighted by molar-refractivity contribution is -0.0317. The van der Waals surface area contributed by atoms with Crippen molar-refractivity contribution in [3.05, 3.63) is 0 Å². The van der Waals surface area contributed by atoms with Gasteiger partial charge in [0, 0.05) is 19.7 Å². The summed E-state index contributed by atoms with van der Waals surface area (Å²) in [5, 5.41) is 13.1. The third-order valence-electron chi connectivity index (χ3n) is 3.15. The van der Waals surface area contributed by atoms with Gasteiger partial charge in [0.05, 0.1) is 25.4 Å². The van der Waals surface area contributed by atoms with E-state index in [1.165, 1.54) is 0 Å². The number of rotatable bonds is 10. The summed E-state index contributed by atoms with van der Waals surface area (Å²) in [6.45, 7) is 9.95. The SMILES string of the molecule is CCC(C)C(C)NCC(O)COC(C)COC. The Hall–Kier alpha value is -0.160. The van der Waals surface area contributed by atoms with Crippen LogP contribution < -0.4 is 5.32 Å². The molecule has 0 bridgehead atoms. The van der Waals surface area contributed by atoms with Crippen molar-refractivity contribution in [1.82, 2.24) is 5.32 Å². The first kappa shape index (κ1) is 16.8. The molecule has 0 aromatic heterocycles. The molecule has 17 heavy (non-hydrogen) atoms. The zero-order valence-corrected chi connectivity index (χ0v) is 11.9. The van der Waals surface area contributed by atoms with Crippen molar-refractivity contribution >= 4 is 0 Å². The largest absolute Gasteiger partial charge is 0.389 e. The van der Waals surface area contributed by atoms with Crippen molar-refractivity contribution in [2.45, 2.75) is 52.4 Å². The molecule has 0 aliphatic heterocycles. The highest BCUT2D eigenvalue weighted by Crippen LogP contribution is 2.06. The molecule has 0 heterocycles. The van der Waals surface area contributed by atoms with Crippen LogP contribution in [0.25, 0.3) is 0 Å².